The van der Waals surface area contributed by atoms with Crippen molar-refractivity contribution < 1.29 is 24.0 Å². The Morgan fingerprint density at radius 3 is 3.05 bits per heavy atom. The molecule has 3 heterocycles. The number of hydrogen-bond acceptors (Lipinski definition) is 6. The molecule has 0 spiro atoms. The van der Waals surface area contributed by atoms with Gasteiger partial charge in [-0.05, 0) is 13.0 Å². The minimum Gasteiger partial charge on any atom is -0.480 e. The number of rotatable bonds is 2. The van der Waals surface area contributed by atoms with E-state index in [1.807, 2.05) is 0 Å². The zero-order valence-electron chi connectivity index (χ0n) is 11.3. The van der Waals surface area contributed by atoms with E-state index in [0.29, 0.717) is 29.0 Å². The zero-order valence-corrected chi connectivity index (χ0v) is 11.3. The van der Waals surface area contributed by atoms with E-state index in [4.69, 9.17) is 9.26 Å². The first kappa shape index (κ1) is 13.5. The third-order valence-electron chi connectivity index (χ3n) is 3.43. The predicted molar refractivity (Wildman–Crippen MR) is 69.8 cm³/mol. The summed E-state index contributed by atoms with van der Waals surface area (Å²) < 4.78 is 10.1. The number of aryl methyl sites for hydroxylation is 1. The van der Waals surface area contributed by atoms with E-state index in [0.717, 1.165) is 0 Å². The quantitative estimate of drug-likeness (QED) is 0.856. The molecule has 1 N–H and O–H groups in total. The van der Waals surface area contributed by atoms with Gasteiger partial charge in [0.25, 0.3) is 11.6 Å². The minimum atomic E-state index is -1.08. The van der Waals surface area contributed by atoms with Crippen molar-refractivity contribution in [2.45, 2.75) is 13.0 Å². The number of carbonyl (C=O) groups excluding carboxylic acids is 1. The lowest BCUT2D eigenvalue weighted by Crippen LogP contribution is -2.52. The fraction of sp³-hybridized carbons (Fsp3) is 0.385. The molecule has 0 aromatic carbocycles. The Kier molecular flexibility index (Phi) is 3.30. The summed E-state index contributed by atoms with van der Waals surface area (Å²) in [6.07, 6.45) is 1.36. The molecule has 0 saturated carbocycles. The van der Waals surface area contributed by atoms with Crippen molar-refractivity contribution in [3.63, 3.8) is 0 Å². The number of carboxylic acids is 1. The number of carbonyl (C=O) groups is 2. The smallest absolute Gasteiger partial charge is 0.328 e. The molecule has 8 heteroatoms. The molecule has 21 heavy (non-hydrogen) atoms. The summed E-state index contributed by atoms with van der Waals surface area (Å²) in [5.74, 6) is -1.47. The average molecular weight is 291 g/mol. The highest BCUT2D eigenvalue weighted by molar-refractivity contribution is 5.99. The van der Waals surface area contributed by atoms with Gasteiger partial charge in [0.05, 0.1) is 29.9 Å². The minimum absolute atomic E-state index is 0.0109. The van der Waals surface area contributed by atoms with Gasteiger partial charge in [-0.2, -0.15) is 0 Å². The average Bonchev–Trinajstić information content (AvgIpc) is 2.87. The summed E-state index contributed by atoms with van der Waals surface area (Å²) in [7, 11) is 0. The molecule has 3 rings (SSSR count). The second kappa shape index (κ2) is 5.13. The van der Waals surface area contributed by atoms with Crippen LogP contribution < -0.4 is 0 Å². The number of amides is 1. The third kappa shape index (κ3) is 2.33. The van der Waals surface area contributed by atoms with Crippen molar-refractivity contribution in [1.29, 1.82) is 0 Å². The topological polar surface area (TPSA) is 106 Å². The second-order valence-electron chi connectivity index (χ2n) is 4.77. The first-order valence-electron chi connectivity index (χ1n) is 6.41. The van der Waals surface area contributed by atoms with Crippen molar-refractivity contribution in [1.82, 2.24) is 15.0 Å². The van der Waals surface area contributed by atoms with Crippen LogP contribution in [0.15, 0.2) is 16.8 Å². The summed E-state index contributed by atoms with van der Waals surface area (Å²) in [5.41, 5.74) is 1.28. The van der Waals surface area contributed by atoms with Gasteiger partial charge in [-0.3, -0.25) is 4.79 Å². The predicted octanol–water partition coefficient (Wildman–Crippen LogP) is 0.457. The summed E-state index contributed by atoms with van der Waals surface area (Å²) in [6, 6.07) is 0.635. The normalized spacial score (nSPS) is 18.9. The Labute approximate surface area is 119 Å². The first-order valence-corrected chi connectivity index (χ1v) is 6.41. The maximum Gasteiger partial charge on any atom is 0.328 e. The Hall–Kier alpha value is -2.48. The standard InChI is InChI=1S/C13H13N3O5/c1-7-9-4-8(5-14-11(9)21-15-7)12(17)16-2-3-20-6-10(16)13(18)19/h4-5,10H,2-3,6H2,1H3,(H,18,19). The SMILES string of the molecule is Cc1noc2ncc(C(=O)N3CCOCC3C(=O)O)cc12. The lowest BCUT2D eigenvalue weighted by atomic mass is 10.1. The zero-order chi connectivity index (χ0) is 15.0. The van der Waals surface area contributed by atoms with Gasteiger partial charge in [-0.15, -0.1) is 0 Å². The molecule has 110 valence electrons. The van der Waals surface area contributed by atoms with Gasteiger partial charge in [-0.25, -0.2) is 9.78 Å². The van der Waals surface area contributed by atoms with Crippen LogP contribution in [0.4, 0.5) is 0 Å². The van der Waals surface area contributed by atoms with Crippen LogP contribution in [0, 0.1) is 6.92 Å². The molecule has 1 atom stereocenters. The number of carboxylic acid groups (broad SMARTS) is 1. The van der Waals surface area contributed by atoms with E-state index >= 15 is 0 Å². The summed E-state index contributed by atoms with van der Waals surface area (Å²) in [5, 5.41) is 13.6. The van der Waals surface area contributed by atoms with Gasteiger partial charge in [-0.1, -0.05) is 5.16 Å². The third-order valence-corrected chi connectivity index (χ3v) is 3.43. The number of aromatic nitrogens is 2. The number of ether oxygens (including phenoxy) is 1. The highest BCUT2D eigenvalue weighted by atomic mass is 16.5. The van der Waals surface area contributed by atoms with Crippen LogP contribution in [-0.2, 0) is 9.53 Å². The number of aliphatic carboxylic acids is 1. The van der Waals surface area contributed by atoms with E-state index < -0.39 is 12.0 Å². The first-order chi connectivity index (χ1) is 10.1. The molecule has 2 aromatic heterocycles. The van der Waals surface area contributed by atoms with E-state index in [1.165, 1.54) is 11.1 Å². The van der Waals surface area contributed by atoms with Crippen LogP contribution in [0.2, 0.25) is 0 Å². The van der Waals surface area contributed by atoms with Crippen LogP contribution in [0.1, 0.15) is 16.1 Å². The van der Waals surface area contributed by atoms with Gasteiger partial charge in [0.15, 0.2) is 6.04 Å². The van der Waals surface area contributed by atoms with Gasteiger partial charge in [0, 0.05) is 12.7 Å². The molecule has 1 aliphatic rings. The maximum atomic E-state index is 12.5. The van der Waals surface area contributed by atoms with Crippen molar-refractivity contribution in [2.24, 2.45) is 0 Å². The number of fused-ring (bicyclic) bond motifs is 1. The van der Waals surface area contributed by atoms with Gasteiger partial charge < -0.3 is 19.3 Å². The number of morpholine rings is 1. The highest BCUT2D eigenvalue weighted by Crippen LogP contribution is 2.19. The van der Waals surface area contributed by atoms with E-state index in [9.17, 15) is 14.7 Å². The van der Waals surface area contributed by atoms with Gasteiger partial charge in [0.2, 0.25) is 0 Å². The van der Waals surface area contributed by atoms with Crippen molar-refractivity contribution >= 4 is 23.0 Å². The van der Waals surface area contributed by atoms with Crippen LogP contribution in [0.3, 0.4) is 0 Å². The van der Waals surface area contributed by atoms with Crippen molar-refractivity contribution in [2.75, 3.05) is 19.8 Å². The highest BCUT2D eigenvalue weighted by Gasteiger charge is 2.33. The van der Waals surface area contributed by atoms with E-state index in [1.54, 1.807) is 13.0 Å². The molecular formula is C13H13N3O5. The molecule has 2 aromatic rings. The van der Waals surface area contributed by atoms with Crippen LogP contribution in [-0.4, -0.2) is 57.8 Å². The van der Waals surface area contributed by atoms with Gasteiger partial charge in [0.1, 0.15) is 0 Å². The molecule has 0 aliphatic carbocycles. The number of hydrogen-bond donors (Lipinski definition) is 1. The van der Waals surface area contributed by atoms with Gasteiger partial charge >= 0.3 is 5.97 Å². The largest absolute Gasteiger partial charge is 0.480 e. The number of nitrogens with zero attached hydrogens (tertiary/aromatic N) is 3. The van der Waals surface area contributed by atoms with Crippen LogP contribution >= 0.6 is 0 Å². The Balaban J connectivity index is 1.94. The molecule has 0 radical (unpaired) electrons. The molecule has 8 nitrogen and oxygen atoms in total. The summed E-state index contributed by atoms with van der Waals surface area (Å²) >= 11 is 0. The van der Waals surface area contributed by atoms with Crippen molar-refractivity contribution in [3.05, 3.63) is 23.5 Å². The van der Waals surface area contributed by atoms with Crippen LogP contribution in [0.5, 0.6) is 0 Å². The summed E-state index contributed by atoms with van der Waals surface area (Å²) in [6.45, 7) is 2.29. The molecule has 0 bridgehead atoms. The fourth-order valence-corrected chi connectivity index (χ4v) is 2.28. The molecular weight excluding hydrogens is 278 g/mol. The molecule has 1 unspecified atom stereocenters. The number of pyridine rings is 1. The van der Waals surface area contributed by atoms with E-state index in [-0.39, 0.29) is 19.1 Å². The molecule has 1 fully saturated rings. The maximum absolute atomic E-state index is 12.5. The lowest BCUT2D eigenvalue weighted by Gasteiger charge is -2.32. The monoisotopic (exact) mass is 291 g/mol. The van der Waals surface area contributed by atoms with Crippen LogP contribution in [0.25, 0.3) is 11.1 Å². The Bertz CT molecular complexity index is 711. The molecule has 1 aliphatic heterocycles. The Morgan fingerprint density at radius 1 is 1.48 bits per heavy atom. The second-order valence-corrected chi connectivity index (χ2v) is 4.77. The molecule has 1 amide bonds. The van der Waals surface area contributed by atoms with E-state index in [2.05, 4.69) is 10.1 Å². The fourth-order valence-electron chi connectivity index (χ4n) is 2.28. The summed E-state index contributed by atoms with van der Waals surface area (Å²) in [4.78, 5) is 29.0. The lowest BCUT2D eigenvalue weighted by molar-refractivity contribution is -0.147. The molecule has 1 saturated heterocycles. The Morgan fingerprint density at radius 2 is 2.29 bits per heavy atom. The van der Waals surface area contributed by atoms with Crippen molar-refractivity contribution in [3.8, 4) is 0 Å².